The lowest BCUT2D eigenvalue weighted by atomic mass is 9.99. The molecule has 2 aromatic carbocycles. The lowest BCUT2D eigenvalue weighted by molar-refractivity contribution is -0.141. The lowest BCUT2D eigenvalue weighted by Gasteiger charge is -2.30. The number of fused-ring (bicyclic) bond motifs is 1. The third-order valence-corrected chi connectivity index (χ3v) is 9.34. The molecule has 1 amide bonds. The first kappa shape index (κ1) is 25.3. The van der Waals surface area contributed by atoms with Gasteiger partial charge in [0.25, 0.3) is 5.91 Å². The van der Waals surface area contributed by atoms with Crippen molar-refractivity contribution in [3.8, 4) is 0 Å². The van der Waals surface area contributed by atoms with Crippen LogP contribution >= 0.6 is 11.3 Å². The van der Waals surface area contributed by atoms with Crippen molar-refractivity contribution >= 4 is 43.5 Å². The molecule has 1 aliphatic rings. The van der Waals surface area contributed by atoms with Gasteiger partial charge < -0.3 is 9.30 Å². The number of aromatic nitrogens is 1. The van der Waals surface area contributed by atoms with Gasteiger partial charge in [0, 0.05) is 13.1 Å². The molecular weight excluding hydrogens is 486 g/mol. The Morgan fingerprint density at radius 2 is 1.83 bits per heavy atom. The number of carbonyl (C=O) groups is 2. The van der Waals surface area contributed by atoms with Crippen LogP contribution < -0.4 is 4.80 Å². The predicted octanol–water partition coefficient (Wildman–Crippen LogP) is 3.33. The Hall–Kier alpha value is -2.82. The monoisotopic (exact) mass is 515 g/mol. The third-order valence-electron chi connectivity index (χ3n) is 6.23. The van der Waals surface area contributed by atoms with Crippen molar-refractivity contribution in [3.05, 3.63) is 57.9 Å². The van der Waals surface area contributed by atoms with Crippen molar-refractivity contribution < 1.29 is 22.7 Å². The molecule has 0 saturated carbocycles. The zero-order valence-corrected chi connectivity index (χ0v) is 21.9. The number of amides is 1. The number of sulfonamides is 1. The maximum Gasteiger partial charge on any atom is 0.325 e. The Morgan fingerprint density at radius 1 is 1.11 bits per heavy atom. The number of hydrogen-bond donors (Lipinski definition) is 0. The Kier molecular flexibility index (Phi) is 7.25. The van der Waals surface area contributed by atoms with Gasteiger partial charge in [-0.2, -0.15) is 9.30 Å². The fourth-order valence-electron chi connectivity index (χ4n) is 4.35. The minimum Gasteiger partial charge on any atom is -0.468 e. The maximum absolute atomic E-state index is 13.2. The van der Waals surface area contributed by atoms with E-state index in [-0.39, 0.29) is 23.9 Å². The Labute approximate surface area is 208 Å². The van der Waals surface area contributed by atoms with Gasteiger partial charge >= 0.3 is 5.97 Å². The summed E-state index contributed by atoms with van der Waals surface area (Å²) in [4.78, 5) is 30.4. The Morgan fingerprint density at radius 3 is 2.51 bits per heavy atom. The van der Waals surface area contributed by atoms with Crippen LogP contribution in [0.3, 0.4) is 0 Å². The number of methoxy groups -OCH3 is 1. The first-order chi connectivity index (χ1) is 16.6. The average molecular weight is 516 g/mol. The second kappa shape index (κ2) is 10.0. The van der Waals surface area contributed by atoms with Gasteiger partial charge in [-0.1, -0.05) is 35.1 Å². The zero-order valence-electron chi connectivity index (χ0n) is 20.3. The molecule has 2 heterocycles. The molecule has 186 valence electrons. The summed E-state index contributed by atoms with van der Waals surface area (Å²) in [6.07, 6.45) is 1.13. The highest BCUT2D eigenvalue weighted by Gasteiger charge is 2.33. The Bertz CT molecular complexity index is 1450. The molecule has 35 heavy (non-hydrogen) atoms. The highest BCUT2D eigenvalue weighted by Crippen LogP contribution is 2.26. The topological polar surface area (TPSA) is 98.0 Å². The molecule has 1 saturated heterocycles. The van der Waals surface area contributed by atoms with Crippen LogP contribution in [0.1, 0.15) is 29.5 Å². The summed E-state index contributed by atoms with van der Waals surface area (Å²) in [7, 11) is -2.38. The predicted molar refractivity (Wildman–Crippen MR) is 135 cm³/mol. The standard InChI is InChI=1S/C25H29N3O5S2/c1-16-7-9-20(10-8-16)35(31,32)27-11-5-6-19(14-27)24(30)26-25-28(15-22(29)33-4)21-13-17(2)12-18(3)23(21)34-25/h7-10,12-13,19H,5-6,11,14-15H2,1-4H3. The van der Waals surface area contributed by atoms with Gasteiger partial charge in [-0.25, -0.2) is 8.42 Å². The van der Waals surface area contributed by atoms with Crippen molar-refractivity contribution in [3.63, 3.8) is 0 Å². The maximum atomic E-state index is 13.2. The van der Waals surface area contributed by atoms with E-state index < -0.39 is 21.9 Å². The van der Waals surface area contributed by atoms with Crippen molar-refractivity contribution in [1.29, 1.82) is 0 Å². The molecule has 10 heteroatoms. The summed E-state index contributed by atoms with van der Waals surface area (Å²) < 4.78 is 35.2. The molecule has 1 atom stereocenters. The summed E-state index contributed by atoms with van der Waals surface area (Å²) in [6, 6.07) is 10.7. The number of thiazole rings is 1. The van der Waals surface area contributed by atoms with E-state index in [2.05, 4.69) is 4.99 Å². The Balaban J connectivity index is 1.67. The van der Waals surface area contributed by atoms with E-state index in [9.17, 15) is 18.0 Å². The van der Waals surface area contributed by atoms with Gasteiger partial charge in [-0.15, -0.1) is 0 Å². The smallest absolute Gasteiger partial charge is 0.325 e. The first-order valence-electron chi connectivity index (χ1n) is 11.4. The van der Waals surface area contributed by atoms with Gasteiger partial charge in [-0.3, -0.25) is 9.59 Å². The quantitative estimate of drug-likeness (QED) is 0.486. The first-order valence-corrected chi connectivity index (χ1v) is 13.7. The van der Waals surface area contributed by atoms with Gasteiger partial charge in [0.1, 0.15) is 6.54 Å². The largest absolute Gasteiger partial charge is 0.468 e. The molecule has 0 N–H and O–H groups in total. The normalized spacial score (nSPS) is 17.6. The number of piperidine rings is 1. The van der Waals surface area contributed by atoms with Crippen LogP contribution in [0.25, 0.3) is 10.2 Å². The molecule has 1 fully saturated rings. The SMILES string of the molecule is COC(=O)Cn1c(=NC(=O)C2CCCN(S(=O)(=O)c3ccc(C)cc3)C2)sc2c(C)cc(C)cc21. The fraction of sp³-hybridized carbons (Fsp3) is 0.400. The van der Waals surface area contributed by atoms with Crippen LogP contribution in [-0.2, 0) is 30.9 Å². The van der Waals surface area contributed by atoms with E-state index in [1.54, 1.807) is 28.8 Å². The molecule has 0 spiro atoms. The van der Waals surface area contributed by atoms with E-state index >= 15 is 0 Å². The number of hydrogen-bond acceptors (Lipinski definition) is 6. The van der Waals surface area contributed by atoms with Crippen LogP contribution in [0, 0.1) is 26.7 Å². The van der Waals surface area contributed by atoms with E-state index in [0.29, 0.717) is 24.2 Å². The van der Waals surface area contributed by atoms with Crippen LogP contribution in [0.2, 0.25) is 0 Å². The number of esters is 1. The summed E-state index contributed by atoms with van der Waals surface area (Å²) in [6.45, 7) is 6.23. The van der Waals surface area contributed by atoms with Gasteiger partial charge in [0.2, 0.25) is 10.0 Å². The second-order valence-electron chi connectivity index (χ2n) is 8.94. The molecule has 1 aliphatic heterocycles. The average Bonchev–Trinajstić information content (AvgIpc) is 3.16. The number of benzene rings is 2. The molecule has 0 bridgehead atoms. The number of aryl methyl sites for hydroxylation is 3. The third kappa shape index (κ3) is 5.24. The molecule has 3 aromatic rings. The highest BCUT2D eigenvalue weighted by atomic mass is 32.2. The van der Waals surface area contributed by atoms with Crippen LogP contribution in [0.15, 0.2) is 46.3 Å². The van der Waals surface area contributed by atoms with E-state index in [1.807, 2.05) is 32.9 Å². The molecule has 8 nitrogen and oxygen atoms in total. The zero-order chi connectivity index (χ0) is 25.3. The van der Waals surface area contributed by atoms with Crippen LogP contribution in [-0.4, -0.2) is 49.4 Å². The minimum atomic E-state index is -3.70. The lowest BCUT2D eigenvalue weighted by Crippen LogP contribution is -2.42. The van der Waals surface area contributed by atoms with Crippen molar-refractivity contribution in [1.82, 2.24) is 8.87 Å². The highest BCUT2D eigenvalue weighted by molar-refractivity contribution is 7.89. The van der Waals surface area contributed by atoms with Gasteiger partial charge in [0.15, 0.2) is 4.80 Å². The van der Waals surface area contributed by atoms with Crippen LogP contribution in [0.4, 0.5) is 0 Å². The number of rotatable bonds is 5. The van der Waals surface area contributed by atoms with Crippen LogP contribution in [0.5, 0.6) is 0 Å². The number of ether oxygens (including phenoxy) is 1. The number of nitrogens with zero attached hydrogens (tertiary/aromatic N) is 3. The fourth-order valence-corrected chi connectivity index (χ4v) is 6.96. The molecular formula is C25H29N3O5S2. The summed E-state index contributed by atoms with van der Waals surface area (Å²) in [5.41, 5.74) is 3.86. The summed E-state index contributed by atoms with van der Waals surface area (Å²) in [5.74, 6) is -1.37. The van der Waals surface area contributed by atoms with E-state index in [1.165, 1.54) is 22.8 Å². The van der Waals surface area contributed by atoms with E-state index in [4.69, 9.17) is 4.74 Å². The van der Waals surface area contributed by atoms with Crippen molar-refractivity contribution in [2.24, 2.45) is 10.9 Å². The van der Waals surface area contributed by atoms with Gasteiger partial charge in [0.05, 0.1) is 28.1 Å². The molecule has 0 radical (unpaired) electrons. The van der Waals surface area contributed by atoms with Crippen molar-refractivity contribution in [2.75, 3.05) is 20.2 Å². The van der Waals surface area contributed by atoms with Gasteiger partial charge in [-0.05, 0) is 62.9 Å². The minimum absolute atomic E-state index is 0.0654. The number of carbonyl (C=O) groups excluding carboxylic acids is 2. The molecule has 0 aliphatic carbocycles. The molecule has 4 rings (SSSR count). The van der Waals surface area contributed by atoms with Crippen molar-refractivity contribution in [2.45, 2.75) is 45.1 Å². The summed E-state index contributed by atoms with van der Waals surface area (Å²) in [5, 5.41) is 0. The summed E-state index contributed by atoms with van der Waals surface area (Å²) >= 11 is 1.34. The second-order valence-corrected chi connectivity index (χ2v) is 11.9. The van der Waals surface area contributed by atoms with E-state index in [0.717, 1.165) is 26.9 Å². The molecule has 1 unspecified atom stereocenters. The molecule has 1 aromatic heterocycles.